The van der Waals surface area contributed by atoms with Gasteiger partial charge in [-0.25, -0.2) is 4.79 Å². The molecule has 15 heavy (non-hydrogen) atoms. The Morgan fingerprint density at radius 2 is 2.13 bits per heavy atom. The molecule has 0 saturated heterocycles. The summed E-state index contributed by atoms with van der Waals surface area (Å²) in [6.07, 6.45) is 5.37. The number of anilines is 1. The zero-order chi connectivity index (χ0) is 11.4. The third-order valence-corrected chi connectivity index (χ3v) is 2.05. The summed E-state index contributed by atoms with van der Waals surface area (Å²) in [7, 11) is 5.14. The van der Waals surface area contributed by atoms with Gasteiger partial charge in [-0.05, 0) is 18.2 Å². The van der Waals surface area contributed by atoms with Crippen LogP contribution in [0.25, 0.3) is 0 Å². The van der Waals surface area contributed by atoms with Crippen LogP contribution in [0.15, 0.2) is 18.2 Å². The number of rotatable bonds is 2. The maximum atomic E-state index is 11.3. The zero-order valence-electron chi connectivity index (χ0n) is 9.07. The highest BCUT2D eigenvalue weighted by Crippen LogP contribution is 2.19. The Labute approximate surface area is 89.7 Å². The van der Waals surface area contributed by atoms with Gasteiger partial charge in [0.2, 0.25) is 0 Å². The molecule has 3 nitrogen and oxygen atoms in total. The molecule has 0 fully saturated rings. The van der Waals surface area contributed by atoms with E-state index in [0.29, 0.717) is 11.1 Å². The van der Waals surface area contributed by atoms with Gasteiger partial charge in [0, 0.05) is 19.7 Å². The number of carbonyl (C=O) groups excluding carboxylic acids is 1. The Bertz CT molecular complexity index is 416. The molecule has 0 radical (unpaired) electrons. The normalized spacial score (nSPS) is 9.20. The first-order chi connectivity index (χ1) is 7.10. The fraction of sp³-hybridized carbons (Fsp3) is 0.250. The molecule has 78 valence electrons. The first-order valence-corrected chi connectivity index (χ1v) is 4.46. The van der Waals surface area contributed by atoms with Gasteiger partial charge in [-0.15, -0.1) is 6.42 Å². The van der Waals surface area contributed by atoms with Gasteiger partial charge in [-0.1, -0.05) is 5.92 Å². The van der Waals surface area contributed by atoms with E-state index in [-0.39, 0.29) is 5.97 Å². The minimum atomic E-state index is -0.378. The molecule has 0 aromatic heterocycles. The van der Waals surface area contributed by atoms with Gasteiger partial charge in [0.05, 0.1) is 18.4 Å². The highest BCUT2D eigenvalue weighted by molar-refractivity contribution is 5.90. The molecule has 0 aliphatic carbocycles. The van der Waals surface area contributed by atoms with Crippen LogP contribution >= 0.6 is 0 Å². The van der Waals surface area contributed by atoms with Gasteiger partial charge in [-0.2, -0.15) is 0 Å². The van der Waals surface area contributed by atoms with Crippen molar-refractivity contribution in [2.24, 2.45) is 0 Å². The topological polar surface area (TPSA) is 29.5 Å². The van der Waals surface area contributed by atoms with E-state index in [9.17, 15) is 4.79 Å². The van der Waals surface area contributed by atoms with Crippen LogP contribution in [0.5, 0.6) is 0 Å². The smallest absolute Gasteiger partial charge is 0.337 e. The molecule has 1 rings (SSSR count). The van der Waals surface area contributed by atoms with Crippen LogP contribution in [-0.2, 0) is 4.74 Å². The van der Waals surface area contributed by atoms with Crippen molar-refractivity contribution in [3.63, 3.8) is 0 Å². The summed E-state index contributed by atoms with van der Waals surface area (Å²) in [6.45, 7) is 0. The number of ether oxygens (including phenoxy) is 1. The van der Waals surface area contributed by atoms with Gasteiger partial charge in [-0.3, -0.25) is 0 Å². The second kappa shape index (κ2) is 4.52. The lowest BCUT2D eigenvalue weighted by atomic mass is 10.1. The zero-order valence-corrected chi connectivity index (χ0v) is 9.07. The van der Waals surface area contributed by atoms with Crippen LogP contribution < -0.4 is 4.90 Å². The van der Waals surface area contributed by atoms with Crippen molar-refractivity contribution in [3.05, 3.63) is 29.3 Å². The molecule has 0 atom stereocenters. The lowest BCUT2D eigenvalue weighted by Crippen LogP contribution is -2.11. The molecule has 0 N–H and O–H groups in total. The van der Waals surface area contributed by atoms with Crippen molar-refractivity contribution in [3.8, 4) is 12.3 Å². The monoisotopic (exact) mass is 203 g/mol. The van der Waals surface area contributed by atoms with E-state index in [1.165, 1.54) is 7.11 Å². The maximum Gasteiger partial charge on any atom is 0.337 e. The summed E-state index contributed by atoms with van der Waals surface area (Å²) in [6, 6.07) is 5.16. The van der Waals surface area contributed by atoms with Crippen LogP contribution in [0.4, 0.5) is 5.69 Å². The molecule has 0 bridgehead atoms. The molecule has 0 aliphatic heterocycles. The minimum Gasteiger partial charge on any atom is -0.465 e. The Morgan fingerprint density at radius 1 is 1.47 bits per heavy atom. The van der Waals surface area contributed by atoms with Crippen molar-refractivity contribution in [2.75, 3.05) is 26.1 Å². The van der Waals surface area contributed by atoms with E-state index in [1.807, 2.05) is 19.0 Å². The number of esters is 1. The molecule has 0 amide bonds. The van der Waals surface area contributed by atoms with Crippen LogP contribution in [0, 0.1) is 12.3 Å². The standard InChI is InChI=1S/C12H13NO2/c1-5-9-8-10(12(14)15-4)6-7-11(9)13(2)3/h1,6-8H,2-4H3. The van der Waals surface area contributed by atoms with E-state index in [0.717, 1.165) is 5.69 Å². The van der Waals surface area contributed by atoms with E-state index in [1.54, 1.807) is 18.2 Å². The van der Waals surface area contributed by atoms with Crippen LogP contribution in [0.1, 0.15) is 15.9 Å². The van der Waals surface area contributed by atoms with Crippen molar-refractivity contribution < 1.29 is 9.53 Å². The predicted molar refractivity (Wildman–Crippen MR) is 60.0 cm³/mol. The summed E-state index contributed by atoms with van der Waals surface area (Å²) in [5, 5.41) is 0. The molecule has 1 aromatic rings. The minimum absolute atomic E-state index is 0.378. The number of nitrogens with zero attached hydrogens (tertiary/aromatic N) is 1. The van der Waals surface area contributed by atoms with Gasteiger partial charge < -0.3 is 9.64 Å². The summed E-state index contributed by atoms with van der Waals surface area (Å²) in [4.78, 5) is 13.2. The van der Waals surface area contributed by atoms with E-state index < -0.39 is 0 Å². The summed E-state index contributed by atoms with van der Waals surface area (Å²) < 4.78 is 4.61. The number of carbonyl (C=O) groups is 1. The second-order valence-corrected chi connectivity index (χ2v) is 3.26. The molecular weight excluding hydrogens is 190 g/mol. The first-order valence-electron chi connectivity index (χ1n) is 4.46. The van der Waals surface area contributed by atoms with Gasteiger partial charge >= 0.3 is 5.97 Å². The summed E-state index contributed by atoms with van der Waals surface area (Å²) in [5.74, 6) is 2.17. The van der Waals surface area contributed by atoms with Crippen LogP contribution in [0.2, 0.25) is 0 Å². The van der Waals surface area contributed by atoms with Crippen molar-refractivity contribution >= 4 is 11.7 Å². The molecular formula is C12H13NO2. The quantitative estimate of drug-likeness (QED) is 0.539. The third-order valence-electron chi connectivity index (χ3n) is 2.05. The number of hydrogen-bond donors (Lipinski definition) is 0. The number of terminal acetylenes is 1. The molecule has 0 spiro atoms. The molecule has 0 unspecified atom stereocenters. The molecule has 1 aromatic carbocycles. The fourth-order valence-corrected chi connectivity index (χ4v) is 1.29. The fourth-order valence-electron chi connectivity index (χ4n) is 1.29. The van der Waals surface area contributed by atoms with E-state index in [4.69, 9.17) is 6.42 Å². The average Bonchev–Trinajstić information content (AvgIpc) is 2.26. The summed E-state index contributed by atoms with van der Waals surface area (Å²) >= 11 is 0. The third kappa shape index (κ3) is 2.29. The Kier molecular flexibility index (Phi) is 3.35. The summed E-state index contributed by atoms with van der Waals surface area (Å²) in [5.41, 5.74) is 2.06. The van der Waals surface area contributed by atoms with Crippen molar-refractivity contribution in [2.45, 2.75) is 0 Å². The van der Waals surface area contributed by atoms with Gasteiger partial charge in [0.15, 0.2) is 0 Å². The van der Waals surface area contributed by atoms with Crippen LogP contribution in [-0.4, -0.2) is 27.2 Å². The van der Waals surface area contributed by atoms with Crippen molar-refractivity contribution in [1.82, 2.24) is 0 Å². The first kappa shape index (κ1) is 11.1. The van der Waals surface area contributed by atoms with Crippen molar-refractivity contribution in [1.29, 1.82) is 0 Å². The molecule has 3 heteroatoms. The van der Waals surface area contributed by atoms with E-state index >= 15 is 0 Å². The number of methoxy groups -OCH3 is 1. The average molecular weight is 203 g/mol. The highest BCUT2D eigenvalue weighted by atomic mass is 16.5. The Morgan fingerprint density at radius 3 is 2.60 bits per heavy atom. The van der Waals surface area contributed by atoms with Gasteiger partial charge in [0.25, 0.3) is 0 Å². The van der Waals surface area contributed by atoms with Gasteiger partial charge in [0.1, 0.15) is 0 Å². The second-order valence-electron chi connectivity index (χ2n) is 3.26. The lowest BCUT2D eigenvalue weighted by molar-refractivity contribution is 0.0600. The Hall–Kier alpha value is -1.95. The Balaban J connectivity index is 3.21. The molecule has 0 aliphatic rings. The maximum absolute atomic E-state index is 11.3. The molecule has 0 heterocycles. The SMILES string of the molecule is C#Cc1cc(C(=O)OC)ccc1N(C)C. The van der Waals surface area contributed by atoms with Crippen LogP contribution in [0.3, 0.4) is 0 Å². The number of benzene rings is 1. The predicted octanol–water partition coefficient (Wildman–Crippen LogP) is 1.52. The number of hydrogen-bond acceptors (Lipinski definition) is 3. The lowest BCUT2D eigenvalue weighted by Gasteiger charge is -2.15. The highest BCUT2D eigenvalue weighted by Gasteiger charge is 2.09. The molecule has 0 saturated carbocycles. The largest absolute Gasteiger partial charge is 0.465 e. The van der Waals surface area contributed by atoms with E-state index in [2.05, 4.69) is 10.7 Å².